The Morgan fingerprint density at radius 1 is 0.977 bits per heavy atom. The van der Waals surface area contributed by atoms with Crippen LogP contribution in [-0.2, 0) is 32.2 Å². The third-order valence-corrected chi connectivity index (χ3v) is 9.62. The van der Waals surface area contributed by atoms with Gasteiger partial charge in [-0.1, -0.05) is 73.0 Å². The molecule has 0 unspecified atom stereocenters. The first-order valence-electron chi connectivity index (χ1n) is 14.0. The number of carbonyl (C=O) groups is 2. The van der Waals surface area contributed by atoms with Crippen molar-refractivity contribution in [3.05, 3.63) is 95.0 Å². The van der Waals surface area contributed by atoms with E-state index in [9.17, 15) is 31.2 Å². The molecule has 0 aliphatic heterocycles. The van der Waals surface area contributed by atoms with Gasteiger partial charge in [0.25, 0.3) is 10.0 Å². The van der Waals surface area contributed by atoms with Crippen molar-refractivity contribution in [2.45, 2.75) is 62.2 Å². The second-order valence-electron chi connectivity index (χ2n) is 10.5. The number of benzene rings is 3. The first kappa shape index (κ1) is 32.3. The number of sulfonamides is 1. The lowest BCUT2D eigenvalue weighted by atomic mass is 10.1. The molecule has 0 radical (unpaired) electrons. The van der Waals surface area contributed by atoms with Crippen LogP contribution in [0, 0.1) is 0 Å². The van der Waals surface area contributed by atoms with E-state index in [1.807, 2.05) is 30.3 Å². The summed E-state index contributed by atoms with van der Waals surface area (Å²) in [4.78, 5) is 28.3. The van der Waals surface area contributed by atoms with Crippen LogP contribution in [0.25, 0.3) is 0 Å². The topological polar surface area (TPSA) is 86.8 Å². The monoisotopic (exact) mass is 635 g/mol. The van der Waals surface area contributed by atoms with Crippen molar-refractivity contribution in [1.29, 1.82) is 0 Å². The van der Waals surface area contributed by atoms with Crippen molar-refractivity contribution >= 4 is 39.1 Å². The van der Waals surface area contributed by atoms with Gasteiger partial charge in [0, 0.05) is 12.6 Å². The Hall–Kier alpha value is -3.57. The molecule has 0 heterocycles. The highest BCUT2D eigenvalue weighted by molar-refractivity contribution is 7.92. The van der Waals surface area contributed by atoms with Crippen LogP contribution in [0.15, 0.2) is 83.8 Å². The summed E-state index contributed by atoms with van der Waals surface area (Å²) in [6.07, 6.45) is -0.853. The second-order valence-corrected chi connectivity index (χ2v) is 12.7. The predicted molar refractivity (Wildman–Crippen MR) is 159 cm³/mol. The zero-order chi connectivity index (χ0) is 31.2. The van der Waals surface area contributed by atoms with Gasteiger partial charge in [-0.3, -0.25) is 13.9 Å². The molecule has 7 nitrogen and oxygen atoms in total. The molecular formula is C31H33ClF3N3O4S. The van der Waals surface area contributed by atoms with E-state index < -0.39 is 45.3 Å². The second kappa shape index (κ2) is 13.8. The van der Waals surface area contributed by atoms with E-state index >= 15 is 0 Å². The van der Waals surface area contributed by atoms with Crippen LogP contribution < -0.4 is 9.62 Å². The molecule has 1 saturated carbocycles. The molecule has 43 heavy (non-hydrogen) atoms. The summed E-state index contributed by atoms with van der Waals surface area (Å²) < 4.78 is 69.5. The number of nitrogens with zero attached hydrogens (tertiary/aromatic N) is 2. The summed E-state index contributed by atoms with van der Waals surface area (Å²) in [5.74, 6) is -1.12. The molecule has 1 aliphatic carbocycles. The van der Waals surface area contributed by atoms with E-state index in [-0.39, 0.29) is 29.1 Å². The smallest absolute Gasteiger partial charge is 0.352 e. The number of amides is 2. The Morgan fingerprint density at radius 2 is 1.58 bits per heavy atom. The molecule has 0 aromatic heterocycles. The maximum absolute atomic E-state index is 13.9. The number of hydrogen-bond acceptors (Lipinski definition) is 4. The molecule has 3 aromatic carbocycles. The van der Waals surface area contributed by atoms with Crippen LogP contribution in [0.4, 0.5) is 18.9 Å². The minimum absolute atomic E-state index is 0.00848. The van der Waals surface area contributed by atoms with Gasteiger partial charge >= 0.3 is 6.18 Å². The number of nitrogens with one attached hydrogen (secondary N) is 1. The van der Waals surface area contributed by atoms with Crippen molar-refractivity contribution < 1.29 is 31.2 Å². The van der Waals surface area contributed by atoms with Crippen LogP contribution in [0.5, 0.6) is 0 Å². The van der Waals surface area contributed by atoms with Gasteiger partial charge in [0.05, 0.1) is 21.2 Å². The molecule has 12 heteroatoms. The molecule has 4 rings (SSSR count). The van der Waals surface area contributed by atoms with E-state index in [4.69, 9.17) is 11.6 Å². The normalized spacial score (nSPS) is 14.7. The maximum Gasteiger partial charge on any atom is 0.417 e. The van der Waals surface area contributed by atoms with Gasteiger partial charge in [0.1, 0.15) is 12.6 Å². The summed E-state index contributed by atoms with van der Waals surface area (Å²) in [7, 11) is -4.51. The van der Waals surface area contributed by atoms with Gasteiger partial charge in [-0.05, 0) is 62.1 Å². The van der Waals surface area contributed by atoms with Crippen LogP contribution >= 0.6 is 11.6 Å². The molecular weight excluding hydrogens is 603 g/mol. The van der Waals surface area contributed by atoms with Gasteiger partial charge in [-0.25, -0.2) is 8.42 Å². The molecule has 0 spiro atoms. The summed E-state index contributed by atoms with van der Waals surface area (Å²) in [5.41, 5.74) is -0.734. The average molecular weight is 636 g/mol. The van der Waals surface area contributed by atoms with Crippen LogP contribution in [0.3, 0.4) is 0 Å². The Labute approximate surface area is 254 Å². The highest BCUT2D eigenvalue weighted by Gasteiger charge is 2.37. The quantitative estimate of drug-likeness (QED) is 0.277. The fourth-order valence-corrected chi connectivity index (χ4v) is 6.75. The van der Waals surface area contributed by atoms with Crippen molar-refractivity contribution in [2.24, 2.45) is 0 Å². The number of alkyl halides is 3. The molecule has 3 aromatic rings. The Morgan fingerprint density at radius 3 is 2.19 bits per heavy atom. The van der Waals surface area contributed by atoms with E-state index in [1.54, 1.807) is 13.0 Å². The highest BCUT2D eigenvalue weighted by atomic mass is 35.5. The third-order valence-electron chi connectivity index (χ3n) is 7.51. The molecule has 0 bridgehead atoms. The largest absolute Gasteiger partial charge is 0.417 e. The zero-order valence-corrected chi connectivity index (χ0v) is 25.1. The lowest BCUT2D eigenvalue weighted by molar-refractivity contribution is -0.139. The predicted octanol–water partition coefficient (Wildman–Crippen LogP) is 6.07. The number of carbonyl (C=O) groups excluding carboxylic acids is 2. The lowest BCUT2D eigenvalue weighted by Crippen LogP contribution is -2.53. The van der Waals surface area contributed by atoms with Crippen molar-refractivity contribution in [3.63, 3.8) is 0 Å². The minimum atomic E-state index is -4.87. The summed E-state index contributed by atoms with van der Waals surface area (Å²) in [5, 5.41) is 2.37. The van der Waals surface area contributed by atoms with Gasteiger partial charge in [-0.15, -0.1) is 0 Å². The molecule has 230 valence electrons. The van der Waals surface area contributed by atoms with Gasteiger partial charge in [0.15, 0.2) is 0 Å². The standard InChI is InChI=1S/C31H33ClF3N3O4S/c1-22(30(40)36-24-12-8-9-13-24)37(19-18-23-10-4-2-5-11-23)29(39)21-38(43(41,42)26-14-6-3-7-15-26)25-16-17-28(32)27(20-25)31(33,34)35/h2-7,10-11,14-17,20,22,24H,8-9,12-13,18-19,21H2,1H3,(H,36,40)/t22-/m1/s1. The van der Waals surface area contributed by atoms with Crippen LogP contribution in [0.1, 0.15) is 43.7 Å². The number of hydrogen-bond donors (Lipinski definition) is 1. The van der Waals surface area contributed by atoms with Gasteiger partial charge < -0.3 is 10.2 Å². The number of rotatable bonds is 11. The summed E-state index contributed by atoms with van der Waals surface area (Å²) in [6.45, 7) is 0.801. The minimum Gasteiger partial charge on any atom is -0.352 e. The lowest BCUT2D eigenvalue weighted by Gasteiger charge is -2.32. The Kier molecular flexibility index (Phi) is 10.4. The summed E-state index contributed by atoms with van der Waals surface area (Å²) >= 11 is 5.81. The molecule has 1 atom stereocenters. The first-order valence-corrected chi connectivity index (χ1v) is 15.8. The van der Waals surface area contributed by atoms with Crippen LogP contribution in [0.2, 0.25) is 5.02 Å². The molecule has 1 N–H and O–H groups in total. The van der Waals surface area contributed by atoms with Gasteiger partial charge in [-0.2, -0.15) is 13.2 Å². The molecule has 1 fully saturated rings. The van der Waals surface area contributed by atoms with Crippen LogP contribution in [-0.4, -0.2) is 50.3 Å². The molecule has 1 aliphatic rings. The molecule has 2 amide bonds. The molecule has 0 saturated heterocycles. The SMILES string of the molecule is C[C@H](C(=O)NC1CCCC1)N(CCc1ccccc1)C(=O)CN(c1ccc(Cl)c(C(F)(F)F)c1)S(=O)(=O)c1ccccc1. The fourth-order valence-electron chi connectivity index (χ4n) is 5.10. The van der Waals surface area contributed by atoms with Gasteiger partial charge in [0.2, 0.25) is 11.8 Å². The van der Waals surface area contributed by atoms with E-state index in [1.165, 1.54) is 29.2 Å². The maximum atomic E-state index is 13.9. The number of halogens is 4. The van der Waals surface area contributed by atoms with Crippen molar-refractivity contribution in [2.75, 3.05) is 17.4 Å². The third kappa shape index (κ3) is 8.08. The number of anilines is 1. The first-order chi connectivity index (χ1) is 20.4. The van der Waals surface area contributed by atoms with Crippen molar-refractivity contribution in [3.8, 4) is 0 Å². The van der Waals surface area contributed by atoms with E-state index in [2.05, 4.69) is 5.32 Å². The average Bonchev–Trinajstić information content (AvgIpc) is 3.49. The van der Waals surface area contributed by atoms with E-state index in [0.29, 0.717) is 16.8 Å². The van der Waals surface area contributed by atoms with E-state index in [0.717, 1.165) is 43.4 Å². The Bertz CT molecular complexity index is 1520. The Balaban J connectivity index is 1.70. The summed E-state index contributed by atoms with van der Waals surface area (Å²) in [6, 6.07) is 18.1. The van der Waals surface area contributed by atoms with Crippen molar-refractivity contribution in [1.82, 2.24) is 10.2 Å². The highest BCUT2D eigenvalue weighted by Crippen LogP contribution is 2.38. The fraction of sp³-hybridized carbons (Fsp3) is 0.355. The zero-order valence-electron chi connectivity index (χ0n) is 23.6.